The molecule has 0 radical (unpaired) electrons. The van der Waals surface area contributed by atoms with Crippen molar-refractivity contribution in [3.05, 3.63) is 17.2 Å². The molecule has 0 unspecified atom stereocenters. The maximum absolute atomic E-state index is 5.88. The lowest BCUT2D eigenvalue weighted by Crippen LogP contribution is -1.95. The number of hydrogen-bond acceptors (Lipinski definition) is 4. The third kappa shape index (κ3) is 0.950. The van der Waals surface area contributed by atoms with E-state index in [2.05, 4.69) is 5.16 Å². The van der Waals surface area contributed by atoms with Gasteiger partial charge in [0.05, 0.1) is 5.39 Å². The second-order valence-electron chi connectivity index (χ2n) is 3.17. The molecule has 0 atom stereocenters. The van der Waals surface area contributed by atoms with Gasteiger partial charge in [-0.15, -0.1) is 0 Å². The SMILES string of the molecule is Cc1cc2onc(N)c2c(N)c1C. The lowest BCUT2D eigenvalue weighted by atomic mass is 10.1. The first-order valence-corrected chi connectivity index (χ1v) is 4.02. The van der Waals surface area contributed by atoms with E-state index in [1.807, 2.05) is 19.9 Å². The summed E-state index contributed by atoms with van der Waals surface area (Å²) in [5.74, 6) is 0.357. The Morgan fingerprint density at radius 3 is 2.69 bits per heavy atom. The lowest BCUT2D eigenvalue weighted by Gasteiger charge is -2.03. The molecule has 0 bridgehead atoms. The van der Waals surface area contributed by atoms with E-state index in [4.69, 9.17) is 16.0 Å². The number of nitrogens with two attached hydrogens (primary N) is 2. The summed E-state index contributed by atoms with van der Waals surface area (Å²) >= 11 is 0. The van der Waals surface area contributed by atoms with Gasteiger partial charge in [0.1, 0.15) is 0 Å². The molecule has 4 N–H and O–H groups in total. The van der Waals surface area contributed by atoms with Gasteiger partial charge in [0.25, 0.3) is 0 Å². The molecule has 68 valence electrons. The topological polar surface area (TPSA) is 78.1 Å². The standard InChI is InChI=1S/C9H11N3O/c1-4-3-6-7(8(10)5(4)2)9(11)12-13-6/h3H,10H2,1-2H3,(H2,11,12). The zero-order chi connectivity index (χ0) is 9.59. The number of nitrogen functional groups attached to an aromatic ring is 2. The summed E-state index contributed by atoms with van der Waals surface area (Å²) < 4.78 is 5.01. The van der Waals surface area contributed by atoms with E-state index >= 15 is 0 Å². The van der Waals surface area contributed by atoms with Crippen molar-refractivity contribution in [2.45, 2.75) is 13.8 Å². The Hall–Kier alpha value is -1.71. The van der Waals surface area contributed by atoms with Crippen LogP contribution in [0.25, 0.3) is 11.0 Å². The van der Waals surface area contributed by atoms with Gasteiger partial charge >= 0.3 is 0 Å². The van der Waals surface area contributed by atoms with Crippen LogP contribution in [0.3, 0.4) is 0 Å². The molecule has 0 aliphatic rings. The molecule has 13 heavy (non-hydrogen) atoms. The zero-order valence-electron chi connectivity index (χ0n) is 7.59. The number of aryl methyl sites for hydroxylation is 1. The lowest BCUT2D eigenvalue weighted by molar-refractivity contribution is 0.460. The van der Waals surface area contributed by atoms with Gasteiger partial charge in [0, 0.05) is 5.69 Å². The van der Waals surface area contributed by atoms with E-state index in [-0.39, 0.29) is 0 Å². The van der Waals surface area contributed by atoms with Gasteiger partial charge < -0.3 is 16.0 Å². The van der Waals surface area contributed by atoms with Crippen LogP contribution < -0.4 is 11.5 Å². The fraction of sp³-hybridized carbons (Fsp3) is 0.222. The minimum absolute atomic E-state index is 0.357. The summed E-state index contributed by atoms with van der Waals surface area (Å²) in [6, 6.07) is 1.89. The van der Waals surface area contributed by atoms with E-state index in [1.54, 1.807) is 0 Å². The average Bonchev–Trinajstić information content (AvgIpc) is 2.43. The van der Waals surface area contributed by atoms with Gasteiger partial charge in [-0.1, -0.05) is 5.16 Å². The number of rotatable bonds is 0. The van der Waals surface area contributed by atoms with Gasteiger partial charge in [0.15, 0.2) is 11.4 Å². The molecule has 0 saturated heterocycles. The van der Waals surface area contributed by atoms with Gasteiger partial charge in [-0.2, -0.15) is 0 Å². The Morgan fingerprint density at radius 1 is 1.31 bits per heavy atom. The van der Waals surface area contributed by atoms with Crippen molar-refractivity contribution in [2.24, 2.45) is 0 Å². The summed E-state index contributed by atoms with van der Waals surface area (Å²) in [5.41, 5.74) is 14.9. The minimum Gasteiger partial charge on any atom is -0.398 e. The van der Waals surface area contributed by atoms with E-state index in [9.17, 15) is 0 Å². The molecule has 0 amide bonds. The van der Waals surface area contributed by atoms with Crippen LogP contribution in [0.5, 0.6) is 0 Å². The van der Waals surface area contributed by atoms with Gasteiger partial charge in [-0.05, 0) is 31.0 Å². The van der Waals surface area contributed by atoms with Crippen LogP contribution in [0.2, 0.25) is 0 Å². The molecule has 1 aromatic carbocycles. The molecule has 4 nitrogen and oxygen atoms in total. The quantitative estimate of drug-likeness (QED) is 0.599. The summed E-state index contributed by atoms with van der Waals surface area (Å²) in [7, 11) is 0. The Kier molecular flexibility index (Phi) is 1.45. The Bertz CT molecular complexity index is 473. The van der Waals surface area contributed by atoms with E-state index in [0.717, 1.165) is 16.5 Å². The van der Waals surface area contributed by atoms with Crippen LogP contribution in [0.4, 0.5) is 11.5 Å². The van der Waals surface area contributed by atoms with Gasteiger partial charge in [0.2, 0.25) is 0 Å². The van der Waals surface area contributed by atoms with E-state index in [1.165, 1.54) is 0 Å². The molecule has 0 aliphatic heterocycles. The van der Waals surface area contributed by atoms with Crippen LogP contribution in [0.15, 0.2) is 10.6 Å². The first-order chi connectivity index (χ1) is 6.11. The number of fused-ring (bicyclic) bond motifs is 1. The van der Waals surface area contributed by atoms with E-state index in [0.29, 0.717) is 17.1 Å². The highest BCUT2D eigenvalue weighted by molar-refractivity contribution is 5.99. The van der Waals surface area contributed by atoms with E-state index < -0.39 is 0 Å². The van der Waals surface area contributed by atoms with Crippen molar-refractivity contribution in [1.29, 1.82) is 0 Å². The molecule has 0 aliphatic carbocycles. The minimum atomic E-state index is 0.357. The van der Waals surface area contributed by atoms with Crippen LogP contribution >= 0.6 is 0 Å². The summed E-state index contributed by atoms with van der Waals surface area (Å²) in [4.78, 5) is 0. The monoisotopic (exact) mass is 177 g/mol. The molecular weight excluding hydrogens is 166 g/mol. The van der Waals surface area contributed by atoms with Gasteiger partial charge in [-0.25, -0.2) is 0 Å². The van der Waals surface area contributed by atoms with Crippen LogP contribution in [-0.2, 0) is 0 Å². The molecule has 1 aromatic heterocycles. The largest absolute Gasteiger partial charge is 0.398 e. The fourth-order valence-corrected chi connectivity index (χ4v) is 1.39. The number of anilines is 2. The zero-order valence-corrected chi connectivity index (χ0v) is 7.59. The molecule has 0 spiro atoms. The maximum Gasteiger partial charge on any atom is 0.176 e. The molecular formula is C9H11N3O. The smallest absolute Gasteiger partial charge is 0.176 e. The second-order valence-corrected chi connectivity index (χ2v) is 3.17. The molecule has 1 heterocycles. The van der Waals surface area contributed by atoms with Crippen molar-refractivity contribution in [3.8, 4) is 0 Å². The molecule has 0 fully saturated rings. The van der Waals surface area contributed by atoms with Crippen molar-refractivity contribution in [1.82, 2.24) is 5.16 Å². The Balaban J connectivity index is 2.97. The molecule has 2 aromatic rings. The first kappa shape index (κ1) is 7.91. The van der Waals surface area contributed by atoms with Crippen LogP contribution in [0, 0.1) is 13.8 Å². The normalized spacial score (nSPS) is 10.9. The predicted octanol–water partition coefficient (Wildman–Crippen LogP) is 1.61. The summed E-state index contributed by atoms with van der Waals surface area (Å²) in [5, 5.41) is 4.39. The van der Waals surface area contributed by atoms with Crippen LogP contribution in [0.1, 0.15) is 11.1 Å². The van der Waals surface area contributed by atoms with Gasteiger partial charge in [-0.3, -0.25) is 0 Å². The Labute approximate surface area is 75.5 Å². The van der Waals surface area contributed by atoms with Crippen molar-refractivity contribution >= 4 is 22.5 Å². The third-order valence-electron chi connectivity index (χ3n) is 2.36. The molecule has 0 saturated carbocycles. The maximum atomic E-state index is 5.88. The molecule has 4 heteroatoms. The number of nitrogens with zero attached hydrogens (tertiary/aromatic N) is 1. The predicted molar refractivity (Wildman–Crippen MR) is 52.3 cm³/mol. The highest BCUT2D eigenvalue weighted by Crippen LogP contribution is 2.31. The number of hydrogen-bond donors (Lipinski definition) is 2. The summed E-state index contributed by atoms with van der Waals surface area (Å²) in [6.45, 7) is 3.93. The Morgan fingerprint density at radius 2 is 2.00 bits per heavy atom. The number of benzene rings is 1. The first-order valence-electron chi connectivity index (χ1n) is 4.02. The average molecular weight is 177 g/mol. The summed E-state index contributed by atoms with van der Waals surface area (Å²) in [6.07, 6.45) is 0. The molecule has 2 rings (SSSR count). The van der Waals surface area contributed by atoms with Crippen molar-refractivity contribution < 1.29 is 4.52 Å². The van der Waals surface area contributed by atoms with Crippen molar-refractivity contribution in [2.75, 3.05) is 11.5 Å². The van der Waals surface area contributed by atoms with Crippen LogP contribution in [-0.4, -0.2) is 5.16 Å². The third-order valence-corrected chi connectivity index (χ3v) is 2.36. The second kappa shape index (κ2) is 2.39. The highest BCUT2D eigenvalue weighted by Gasteiger charge is 2.11. The fourth-order valence-electron chi connectivity index (χ4n) is 1.39. The van der Waals surface area contributed by atoms with Crippen molar-refractivity contribution in [3.63, 3.8) is 0 Å². The highest BCUT2D eigenvalue weighted by atomic mass is 16.5. The number of aromatic nitrogens is 1.